The molecule has 1 aliphatic heterocycles. The topological polar surface area (TPSA) is 95.9 Å². The van der Waals surface area contributed by atoms with E-state index >= 15 is 0 Å². The normalized spacial score (nSPS) is 13.5. The summed E-state index contributed by atoms with van der Waals surface area (Å²) < 4.78 is 4.98. The van der Waals surface area contributed by atoms with Crippen LogP contribution in [-0.2, 0) is 14.3 Å². The van der Waals surface area contributed by atoms with Gasteiger partial charge in [0.1, 0.15) is 5.75 Å². The molecule has 2 aromatic rings. The Morgan fingerprint density at radius 2 is 2.04 bits per heavy atom. The highest BCUT2D eigenvalue weighted by atomic mass is 16.5. The molecule has 0 unspecified atom stereocenters. The van der Waals surface area contributed by atoms with Crippen LogP contribution in [0, 0.1) is 6.92 Å². The average Bonchev–Trinajstić information content (AvgIpc) is 3.08. The Labute approximate surface area is 156 Å². The zero-order valence-corrected chi connectivity index (χ0v) is 14.9. The predicted octanol–water partition coefficient (Wildman–Crippen LogP) is 2.62. The number of carbonyl (C=O) groups is 3. The maximum absolute atomic E-state index is 12.0. The Kier molecular flexibility index (Phi) is 5.40. The predicted molar refractivity (Wildman–Crippen MR) is 99.8 cm³/mol. The molecule has 7 nitrogen and oxygen atoms in total. The minimum atomic E-state index is -0.697. The average molecular weight is 368 g/mol. The number of nitrogens with zero attached hydrogens (tertiary/aromatic N) is 1. The first-order chi connectivity index (χ1) is 12.9. The Hall–Kier alpha value is -3.35. The van der Waals surface area contributed by atoms with Crippen molar-refractivity contribution in [2.45, 2.75) is 19.8 Å². The zero-order valence-electron chi connectivity index (χ0n) is 14.9. The third-order valence-electron chi connectivity index (χ3n) is 4.29. The molecule has 0 bridgehead atoms. The molecule has 0 aromatic heterocycles. The van der Waals surface area contributed by atoms with Crippen molar-refractivity contribution in [3.8, 4) is 5.75 Å². The van der Waals surface area contributed by atoms with Crippen molar-refractivity contribution in [3.63, 3.8) is 0 Å². The lowest BCUT2D eigenvalue weighted by molar-refractivity contribution is -0.119. The highest BCUT2D eigenvalue weighted by Crippen LogP contribution is 2.24. The Morgan fingerprint density at radius 1 is 1.22 bits per heavy atom. The Balaban J connectivity index is 1.57. The zero-order chi connectivity index (χ0) is 19.4. The lowest BCUT2D eigenvalue weighted by Gasteiger charge is -2.16. The smallest absolute Gasteiger partial charge is 0.338 e. The minimum absolute atomic E-state index is 0.0119. The summed E-state index contributed by atoms with van der Waals surface area (Å²) in [7, 11) is 0. The number of phenols is 1. The Bertz CT molecular complexity index is 894. The molecule has 7 heteroatoms. The second-order valence-electron chi connectivity index (χ2n) is 6.32. The number of aryl methyl sites for hydroxylation is 1. The first-order valence-electron chi connectivity index (χ1n) is 8.61. The summed E-state index contributed by atoms with van der Waals surface area (Å²) in [5, 5.41) is 12.3. The van der Waals surface area contributed by atoms with Crippen LogP contribution in [-0.4, -0.2) is 36.0 Å². The molecule has 0 aliphatic carbocycles. The van der Waals surface area contributed by atoms with E-state index in [2.05, 4.69) is 5.32 Å². The van der Waals surface area contributed by atoms with Crippen molar-refractivity contribution in [2.24, 2.45) is 0 Å². The number of nitrogens with one attached hydrogen (secondary N) is 1. The summed E-state index contributed by atoms with van der Waals surface area (Å²) in [6.07, 6.45) is 1.35. The van der Waals surface area contributed by atoms with Crippen LogP contribution >= 0.6 is 0 Å². The van der Waals surface area contributed by atoms with Gasteiger partial charge < -0.3 is 20.1 Å². The summed E-state index contributed by atoms with van der Waals surface area (Å²) in [4.78, 5) is 37.5. The van der Waals surface area contributed by atoms with Gasteiger partial charge in [-0.15, -0.1) is 0 Å². The first-order valence-corrected chi connectivity index (χ1v) is 8.61. The van der Waals surface area contributed by atoms with Crippen LogP contribution < -0.4 is 10.2 Å². The van der Waals surface area contributed by atoms with E-state index < -0.39 is 18.5 Å². The molecular weight excluding hydrogens is 348 g/mol. The highest BCUT2D eigenvalue weighted by molar-refractivity contribution is 5.98. The first kappa shape index (κ1) is 18.4. The number of aromatic hydroxyl groups is 1. The summed E-state index contributed by atoms with van der Waals surface area (Å²) in [6, 6.07) is 11.4. The summed E-state index contributed by atoms with van der Waals surface area (Å²) in [5.41, 5.74) is 2.05. The summed E-state index contributed by atoms with van der Waals surface area (Å²) in [6.45, 7) is 1.92. The van der Waals surface area contributed by atoms with Crippen LogP contribution in [0.5, 0.6) is 5.75 Å². The monoisotopic (exact) mass is 368 g/mol. The molecule has 0 atom stereocenters. The molecule has 1 saturated heterocycles. The highest BCUT2D eigenvalue weighted by Gasteiger charge is 2.21. The molecule has 1 fully saturated rings. The quantitative estimate of drug-likeness (QED) is 0.791. The van der Waals surface area contributed by atoms with Gasteiger partial charge in [-0.05, 0) is 49.2 Å². The molecule has 2 aromatic carbocycles. The van der Waals surface area contributed by atoms with Crippen molar-refractivity contribution >= 4 is 29.2 Å². The van der Waals surface area contributed by atoms with Gasteiger partial charge in [-0.3, -0.25) is 9.59 Å². The van der Waals surface area contributed by atoms with E-state index in [9.17, 15) is 19.5 Å². The standard InChI is InChI=1S/C20H20N2O5/c1-13-7-8-14(10-17(13)23)20(26)27-12-18(24)21-15-4-2-5-16(11-15)22-9-3-6-19(22)25/h2,4-5,7-8,10-11,23H,3,6,9,12H2,1H3,(H,21,24). The van der Waals surface area contributed by atoms with Gasteiger partial charge in [-0.25, -0.2) is 4.79 Å². The van der Waals surface area contributed by atoms with Crippen molar-refractivity contribution in [2.75, 3.05) is 23.4 Å². The molecule has 3 rings (SSSR count). The Morgan fingerprint density at radius 3 is 2.74 bits per heavy atom. The molecule has 140 valence electrons. The number of amides is 2. The number of rotatable bonds is 5. The molecule has 0 radical (unpaired) electrons. The largest absolute Gasteiger partial charge is 0.508 e. The van der Waals surface area contributed by atoms with Crippen molar-refractivity contribution in [1.82, 2.24) is 0 Å². The molecule has 2 amide bonds. The van der Waals surface area contributed by atoms with Gasteiger partial charge in [0.25, 0.3) is 5.91 Å². The number of hydrogen-bond donors (Lipinski definition) is 2. The van der Waals surface area contributed by atoms with Crippen LogP contribution in [0.3, 0.4) is 0 Å². The molecule has 1 heterocycles. The van der Waals surface area contributed by atoms with Crippen molar-refractivity contribution in [3.05, 3.63) is 53.6 Å². The maximum Gasteiger partial charge on any atom is 0.338 e. The lowest BCUT2D eigenvalue weighted by atomic mass is 10.1. The molecule has 27 heavy (non-hydrogen) atoms. The van der Waals surface area contributed by atoms with E-state index in [1.807, 2.05) is 6.07 Å². The van der Waals surface area contributed by atoms with Crippen LogP contribution in [0.15, 0.2) is 42.5 Å². The maximum atomic E-state index is 12.0. The van der Waals surface area contributed by atoms with Crippen LogP contribution in [0.25, 0.3) is 0 Å². The third-order valence-corrected chi connectivity index (χ3v) is 4.29. The van der Waals surface area contributed by atoms with E-state index in [4.69, 9.17) is 4.74 Å². The van der Waals surface area contributed by atoms with Gasteiger partial charge in [0, 0.05) is 24.3 Å². The van der Waals surface area contributed by atoms with Gasteiger partial charge in [0.05, 0.1) is 5.56 Å². The number of benzene rings is 2. The van der Waals surface area contributed by atoms with E-state index in [1.54, 1.807) is 36.1 Å². The summed E-state index contributed by atoms with van der Waals surface area (Å²) in [5.74, 6) is -1.14. The van der Waals surface area contributed by atoms with E-state index in [0.717, 1.165) is 12.1 Å². The number of hydrogen-bond acceptors (Lipinski definition) is 5. The van der Waals surface area contributed by atoms with Gasteiger partial charge in [0.15, 0.2) is 6.61 Å². The fourth-order valence-corrected chi connectivity index (χ4v) is 2.82. The number of esters is 1. The number of ether oxygens (including phenoxy) is 1. The third kappa shape index (κ3) is 4.44. The molecule has 0 spiro atoms. The molecule has 0 saturated carbocycles. The van der Waals surface area contributed by atoms with Gasteiger partial charge in [0.2, 0.25) is 5.91 Å². The number of anilines is 2. The van der Waals surface area contributed by atoms with Crippen LogP contribution in [0.4, 0.5) is 11.4 Å². The van der Waals surface area contributed by atoms with E-state index in [0.29, 0.717) is 24.2 Å². The van der Waals surface area contributed by atoms with Gasteiger partial charge in [-0.1, -0.05) is 12.1 Å². The summed E-state index contributed by atoms with van der Waals surface area (Å²) >= 11 is 0. The van der Waals surface area contributed by atoms with Crippen LogP contribution in [0.2, 0.25) is 0 Å². The second kappa shape index (κ2) is 7.90. The molecule has 2 N–H and O–H groups in total. The van der Waals surface area contributed by atoms with E-state index in [1.165, 1.54) is 12.1 Å². The van der Waals surface area contributed by atoms with E-state index in [-0.39, 0.29) is 17.2 Å². The molecule has 1 aliphatic rings. The fraction of sp³-hybridized carbons (Fsp3) is 0.250. The van der Waals surface area contributed by atoms with Crippen molar-refractivity contribution < 1.29 is 24.2 Å². The lowest BCUT2D eigenvalue weighted by Crippen LogP contribution is -2.24. The fourth-order valence-electron chi connectivity index (χ4n) is 2.82. The van der Waals surface area contributed by atoms with Crippen molar-refractivity contribution in [1.29, 1.82) is 0 Å². The number of carbonyl (C=O) groups excluding carboxylic acids is 3. The molecular formula is C20H20N2O5. The van der Waals surface area contributed by atoms with Gasteiger partial charge in [-0.2, -0.15) is 0 Å². The minimum Gasteiger partial charge on any atom is -0.508 e. The second-order valence-corrected chi connectivity index (χ2v) is 6.32. The van der Waals surface area contributed by atoms with Gasteiger partial charge >= 0.3 is 5.97 Å². The SMILES string of the molecule is Cc1ccc(C(=O)OCC(=O)Nc2cccc(N3CCCC3=O)c2)cc1O. The van der Waals surface area contributed by atoms with Crippen LogP contribution in [0.1, 0.15) is 28.8 Å². The number of phenolic OH excluding ortho intramolecular Hbond substituents is 1.